The Bertz CT molecular complexity index is 439. The number of nitrogens with two attached hydrogens (primary N) is 1. The summed E-state index contributed by atoms with van der Waals surface area (Å²) < 4.78 is 29.5. The fourth-order valence-corrected chi connectivity index (χ4v) is 3.51. The number of hydrogen-bond acceptors (Lipinski definition) is 4. The van der Waals surface area contributed by atoms with Gasteiger partial charge in [-0.15, -0.1) is 0 Å². The third-order valence-electron chi connectivity index (χ3n) is 2.77. The number of benzene rings is 1. The van der Waals surface area contributed by atoms with E-state index in [1.165, 1.54) is 0 Å². The van der Waals surface area contributed by atoms with Gasteiger partial charge in [0.05, 0.1) is 17.3 Å². The van der Waals surface area contributed by atoms with Crippen molar-refractivity contribution >= 4 is 9.84 Å². The minimum atomic E-state index is -3.27. The molecule has 0 radical (unpaired) electrons. The van der Waals surface area contributed by atoms with Gasteiger partial charge in [-0.2, -0.15) is 0 Å². The summed E-state index contributed by atoms with van der Waals surface area (Å²) in [5.41, 5.74) is 5.44. The molecule has 0 bridgehead atoms. The van der Waals surface area contributed by atoms with Crippen LogP contribution >= 0.6 is 0 Å². The van der Waals surface area contributed by atoms with Gasteiger partial charge >= 0.3 is 0 Å². The molecule has 5 heteroatoms. The molecule has 2 N–H and O–H groups in total. The maximum Gasteiger partial charge on any atom is 0.181 e. The molecule has 0 fully saturated rings. The number of sulfone groups is 1. The summed E-state index contributed by atoms with van der Waals surface area (Å²) in [5.74, 6) is 0.649. The van der Waals surface area contributed by atoms with Crippen molar-refractivity contribution in [2.45, 2.75) is 29.9 Å². The molecule has 1 aromatic rings. The smallest absolute Gasteiger partial charge is 0.181 e. The van der Waals surface area contributed by atoms with Crippen LogP contribution in [0.4, 0.5) is 0 Å². The zero-order valence-electron chi connectivity index (χ0n) is 10.2. The molecule has 0 aliphatic rings. The summed E-state index contributed by atoms with van der Waals surface area (Å²) >= 11 is 0. The van der Waals surface area contributed by atoms with Crippen LogP contribution in [0.5, 0.6) is 5.75 Å². The number of ether oxygens (including phenoxy) is 1. The number of methoxy groups -OCH3 is 1. The molecule has 1 rings (SSSR count). The van der Waals surface area contributed by atoms with Crippen LogP contribution in [-0.4, -0.2) is 27.3 Å². The fraction of sp³-hybridized carbons (Fsp3) is 0.500. The molecule has 1 unspecified atom stereocenters. The Kier molecular flexibility index (Phi) is 4.96. The molecule has 0 aliphatic carbocycles. The average Bonchev–Trinajstić information content (AvgIpc) is 2.35. The third kappa shape index (κ3) is 3.20. The maximum atomic E-state index is 12.3. The van der Waals surface area contributed by atoms with E-state index in [2.05, 4.69) is 0 Å². The van der Waals surface area contributed by atoms with E-state index in [1.807, 2.05) is 6.92 Å². The van der Waals surface area contributed by atoms with Gasteiger partial charge < -0.3 is 10.5 Å². The molecular formula is C12H19NO3S. The van der Waals surface area contributed by atoms with E-state index in [1.54, 1.807) is 31.4 Å². The molecule has 17 heavy (non-hydrogen) atoms. The van der Waals surface area contributed by atoms with E-state index >= 15 is 0 Å². The number of rotatable bonds is 6. The lowest BCUT2D eigenvalue weighted by Gasteiger charge is -2.15. The van der Waals surface area contributed by atoms with Gasteiger partial charge in [-0.25, -0.2) is 8.42 Å². The summed E-state index contributed by atoms with van der Waals surface area (Å²) in [6, 6.07) is 6.46. The van der Waals surface area contributed by atoms with Crippen molar-refractivity contribution in [3.63, 3.8) is 0 Å². The van der Waals surface area contributed by atoms with Crippen LogP contribution in [0.1, 0.15) is 19.8 Å². The monoisotopic (exact) mass is 257 g/mol. The van der Waals surface area contributed by atoms with Crippen LogP contribution in [0.25, 0.3) is 0 Å². The Morgan fingerprint density at radius 2 is 1.88 bits per heavy atom. The maximum absolute atomic E-state index is 12.3. The lowest BCUT2D eigenvalue weighted by atomic mass is 10.2. The Morgan fingerprint density at radius 1 is 1.29 bits per heavy atom. The summed E-state index contributed by atoms with van der Waals surface area (Å²) in [7, 11) is -1.73. The first kappa shape index (κ1) is 14.0. The largest absolute Gasteiger partial charge is 0.497 e. The van der Waals surface area contributed by atoms with Crippen LogP contribution in [0.15, 0.2) is 29.2 Å². The van der Waals surface area contributed by atoms with Crippen LogP contribution in [0.2, 0.25) is 0 Å². The summed E-state index contributed by atoms with van der Waals surface area (Å²) in [4.78, 5) is 0.332. The van der Waals surface area contributed by atoms with Gasteiger partial charge in [-0.3, -0.25) is 0 Å². The van der Waals surface area contributed by atoms with Gasteiger partial charge in [0.2, 0.25) is 0 Å². The lowest BCUT2D eigenvalue weighted by Crippen LogP contribution is -2.23. The Labute approximate surface area is 103 Å². The Balaban J connectivity index is 3.02. The summed E-state index contributed by atoms with van der Waals surface area (Å²) in [6.45, 7) is 2.25. The molecule has 0 saturated heterocycles. The topological polar surface area (TPSA) is 69.4 Å². The van der Waals surface area contributed by atoms with Crippen molar-refractivity contribution in [1.82, 2.24) is 0 Å². The Hall–Kier alpha value is -1.07. The van der Waals surface area contributed by atoms with Gasteiger partial charge in [0.15, 0.2) is 9.84 Å². The minimum Gasteiger partial charge on any atom is -0.497 e. The molecule has 4 nitrogen and oxygen atoms in total. The van der Waals surface area contributed by atoms with E-state index in [9.17, 15) is 8.42 Å². The van der Waals surface area contributed by atoms with Gasteiger partial charge in [0.25, 0.3) is 0 Å². The summed E-state index contributed by atoms with van der Waals surface area (Å²) in [6.07, 6.45) is 1.07. The first-order valence-electron chi connectivity index (χ1n) is 5.64. The standard InChI is InChI=1S/C12H19NO3S/c1-3-11(8-9-13)17(14,15)12-6-4-10(16-2)5-7-12/h4-7,11H,3,8-9,13H2,1-2H3. The predicted molar refractivity (Wildman–Crippen MR) is 67.9 cm³/mol. The molecule has 96 valence electrons. The van der Waals surface area contributed by atoms with Crippen molar-refractivity contribution in [3.8, 4) is 5.75 Å². The van der Waals surface area contributed by atoms with Crippen LogP contribution < -0.4 is 10.5 Å². The average molecular weight is 257 g/mol. The van der Waals surface area contributed by atoms with Gasteiger partial charge in [-0.05, 0) is 43.7 Å². The first-order chi connectivity index (χ1) is 8.06. The zero-order valence-corrected chi connectivity index (χ0v) is 11.0. The molecule has 1 atom stereocenters. The molecule has 0 heterocycles. The zero-order chi connectivity index (χ0) is 12.9. The molecule has 0 aliphatic heterocycles. The molecular weight excluding hydrogens is 238 g/mol. The van der Waals surface area contributed by atoms with Crippen molar-refractivity contribution in [3.05, 3.63) is 24.3 Å². The third-order valence-corrected chi connectivity index (χ3v) is 5.15. The normalized spacial score (nSPS) is 13.4. The highest BCUT2D eigenvalue weighted by atomic mass is 32.2. The molecule has 0 amide bonds. The molecule has 1 aromatic carbocycles. The van der Waals surface area contributed by atoms with E-state index in [0.29, 0.717) is 30.0 Å². The van der Waals surface area contributed by atoms with Crippen molar-refractivity contribution < 1.29 is 13.2 Å². The lowest BCUT2D eigenvalue weighted by molar-refractivity contribution is 0.414. The van der Waals surface area contributed by atoms with Crippen LogP contribution in [0, 0.1) is 0 Å². The second-order valence-corrected chi connectivity index (χ2v) is 6.06. The van der Waals surface area contributed by atoms with Crippen molar-refractivity contribution in [2.24, 2.45) is 5.73 Å². The van der Waals surface area contributed by atoms with Crippen LogP contribution in [0.3, 0.4) is 0 Å². The minimum absolute atomic E-state index is 0.332. The quantitative estimate of drug-likeness (QED) is 0.840. The van der Waals surface area contributed by atoms with Crippen LogP contribution in [-0.2, 0) is 9.84 Å². The highest BCUT2D eigenvalue weighted by Crippen LogP contribution is 2.22. The van der Waals surface area contributed by atoms with E-state index in [-0.39, 0.29) is 0 Å². The van der Waals surface area contributed by atoms with Gasteiger partial charge in [0, 0.05) is 0 Å². The number of hydrogen-bond donors (Lipinski definition) is 1. The highest BCUT2D eigenvalue weighted by Gasteiger charge is 2.24. The first-order valence-corrected chi connectivity index (χ1v) is 7.19. The second kappa shape index (κ2) is 6.02. The Morgan fingerprint density at radius 3 is 2.29 bits per heavy atom. The van der Waals surface area contributed by atoms with Gasteiger partial charge in [-0.1, -0.05) is 6.92 Å². The predicted octanol–water partition coefficient (Wildman–Crippen LogP) is 1.60. The van der Waals surface area contributed by atoms with E-state index in [0.717, 1.165) is 0 Å². The van der Waals surface area contributed by atoms with Crippen molar-refractivity contribution in [2.75, 3.05) is 13.7 Å². The molecule has 0 spiro atoms. The highest BCUT2D eigenvalue weighted by molar-refractivity contribution is 7.92. The van der Waals surface area contributed by atoms with Gasteiger partial charge in [0.1, 0.15) is 5.75 Å². The van der Waals surface area contributed by atoms with E-state index in [4.69, 9.17) is 10.5 Å². The molecule has 0 aromatic heterocycles. The van der Waals surface area contributed by atoms with E-state index < -0.39 is 15.1 Å². The SMILES string of the molecule is CCC(CCN)S(=O)(=O)c1ccc(OC)cc1. The van der Waals surface area contributed by atoms with Crippen molar-refractivity contribution in [1.29, 1.82) is 0 Å². The fourth-order valence-electron chi connectivity index (χ4n) is 1.72. The second-order valence-electron chi connectivity index (χ2n) is 3.83. The molecule has 0 saturated carbocycles. The summed E-state index contributed by atoms with van der Waals surface area (Å²) in [5, 5.41) is -0.402.